The van der Waals surface area contributed by atoms with Gasteiger partial charge >= 0.3 is 0 Å². The molecule has 0 fully saturated rings. The highest BCUT2D eigenvalue weighted by Gasteiger charge is 2.32. The third-order valence-electron chi connectivity index (χ3n) is 2.00. The molecule has 0 aliphatic heterocycles. The number of sulfonamides is 1. The van der Waals surface area contributed by atoms with Crippen LogP contribution in [0.3, 0.4) is 0 Å². The number of nitrogens with zero attached hydrogens (tertiary/aromatic N) is 3. The highest BCUT2D eigenvalue weighted by Crippen LogP contribution is 2.19. The molecule has 0 saturated heterocycles. The molecule has 0 aliphatic carbocycles. The lowest BCUT2D eigenvalue weighted by molar-refractivity contribution is 0.531. The number of nitrogens with one attached hydrogen (secondary N) is 1. The van der Waals surface area contributed by atoms with Crippen molar-refractivity contribution in [3.05, 3.63) is 4.60 Å². The van der Waals surface area contributed by atoms with E-state index in [0.29, 0.717) is 0 Å². The van der Waals surface area contributed by atoms with Gasteiger partial charge in [-0.15, -0.1) is 5.10 Å². The summed E-state index contributed by atoms with van der Waals surface area (Å²) in [6.07, 6.45) is 0. The third-order valence-corrected chi connectivity index (χ3v) is 5.05. The number of aryl methyl sites for hydroxylation is 1. The summed E-state index contributed by atoms with van der Waals surface area (Å²) in [5.41, 5.74) is 4.43. The van der Waals surface area contributed by atoms with Crippen molar-refractivity contribution in [2.75, 3.05) is 0 Å². The SMILES string of the molecule is Cn1nnc(Br)c1S(=O)(=O)NC(C)(C)C(N)=S. The van der Waals surface area contributed by atoms with Crippen molar-refractivity contribution in [1.82, 2.24) is 19.7 Å². The first-order chi connectivity index (χ1) is 7.58. The van der Waals surface area contributed by atoms with Crippen LogP contribution in [0.25, 0.3) is 0 Å². The molecule has 10 heteroatoms. The Morgan fingerprint density at radius 2 is 2.12 bits per heavy atom. The van der Waals surface area contributed by atoms with Gasteiger partial charge in [0.1, 0.15) is 0 Å². The molecule has 7 nitrogen and oxygen atoms in total. The van der Waals surface area contributed by atoms with Crippen molar-refractivity contribution in [1.29, 1.82) is 0 Å². The average Bonchev–Trinajstić information content (AvgIpc) is 2.44. The van der Waals surface area contributed by atoms with Gasteiger partial charge < -0.3 is 5.73 Å². The fourth-order valence-electron chi connectivity index (χ4n) is 1.04. The van der Waals surface area contributed by atoms with E-state index >= 15 is 0 Å². The van der Waals surface area contributed by atoms with Crippen LogP contribution in [0.5, 0.6) is 0 Å². The second-order valence-corrected chi connectivity index (χ2v) is 6.69. The topological polar surface area (TPSA) is 103 Å². The van der Waals surface area contributed by atoms with Crippen LogP contribution in [0.15, 0.2) is 9.63 Å². The summed E-state index contributed by atoms with van der Waals surface area (Å²) in [5, 5.41) is 7.12. The smallest absolute Gasteiger partial charge is 0.261 e. The number of halogens is 1. The molecule has 0 unspecified atom stereocenters. The van der Waals surface area contributed by atoms with Gasteiger partial charge in [-0.2, -0.15) is 4.72 Å². The summed E-state index contributed by atoms with van der Waals surface area (Å²) in [5.74, 6) is 0. The lowest BCUT2D eigenvalue weighted by Crippen LogP contribution is -2.52. The molecule has 0 aliphatic rings. The number of aromatic nitrogens is 3. The fraction of sp³-hybridized carbons (Fsp3) is 0.571. The van der Waals surface area contributed by atoms with E-state index in [-0.39, 0.29) is 14.6 Å². The number of hydrogen-bond acceptors (Lipinski definition) is 5. The van der Waals surface area contributed by atoms with Crippen LogP contribution in [0, 0.1) is 0 Å². The van der Waals surface area contributed by atoms with Crippen LogP contribution in [0.4, 0.5) is 0 Å². The van der Waals surface area contributed by atoms with Gasteiger partial charge in [0.15, 0.2) is 4.60 Å². The van der Waals surface area contributed by atoms with Crippen molar-refractivity contribution in [3.63, 3.8) is 0 Å². The molecule has 1 aromatic rings. The lowest BCUT2D eigenvalue weighted by Gasteiger charge is -2.24. The molecular weight excluding hydrogens is 330 g/mol. The first-order valence-electron chi connectivity index (χ1n) is 4.47. The maximum atomic E-state index is 12.1. The zero-order chi connectivity index (χ0) is 13.4. The van der Waals surface area contributed by atoms with Gasteiger partial charge in [-0.1, -0.05) is 17.4 Å². The van der Waals surface area contributed by atoms with E-state index in [1.807, 2.05) is 0 Å². The van der Waals surface area contributed by atoms with Crippen molar-refractivity contribution in [2.45, 2.75) is 24.4 Å². The Morgan fingerprint density at radius 3 is 2.47 bits per heavy atom. The Bertz CT molecular complexity index is 531. The molecule has 96 valence electrons. The van der Waals surface area contributed by atoms with Crippen molar-refractivity contribution in [3.8, 4) is 0 Å². The second-order valence-electron chi connectivity index (χ2n) is 3.90. The molecule has 1 heterocycles. The Balaban J connectivity index is 3.19. The highest BCUT2D eigenvalue weighted by molar-refractivity contribution is 9.10. The number of rotatable bonds is 4. The van der Waals surface area contributed by atoms with E-state index in [1.54, 1.807) is 13.8 Å². The van der Waals surface area contributed by atoms with Crippen molar-refractivity contribution >= 4 is 43.2 Å². The number of hydrogen-bond donors (Lipinski definition) is 2. The van der Waals surface area contributed by atoms with Crippen LogP contribution < -0.4 is 10.5 Å². The Kier molecular flexibility index (Phi) is 3.91. The molecule has 0 bridgehead atoms. The summed E-state index contributed by atoms with van der Waals surface area (Å²) < 4.78 is 27.9. The van der Waals surface area contributed by atoms with Gasteiger partial charge in [0, 0.05) is 7.05 Å². The zero-order valence-corrected chi connectivity index (χ0v) is 12.6. The quantitative estimate of drug-likeness (QED) is 0.742. The van der Waals surface area contributed by atoms with E-state index < -0.39 is 15.6 Å². The highest BCUT2D eigenvalue weighted by atomic mass is 79.9. The maximum absolute atomic E-state index is 12.1. The Labute approximate surface area is 113 Å². The summed E-state index contributed by atoms with van der Waals surface area (Å²) >= 11 is 7.82. The maximum Gasteiger partial charge on any atom is 0.261 e. The van der Waals surface area contributed by atoms with E-state index in [0.717, 1.165) is 4.68 Å². The summed E-state index contributed by atoms with van der Waals surface area (Å²) in [6.45, 7) is 3.15. The molecule has 0 aromatic carbocycles. The van der Waals surface area contributed by atoms with Gasteiger partial charge in [0.05, 0.1) is 10.5 Å². The fourth-order valence-corrected chi connectivity index (χ4v) is 3.65. The predicted octanol–water partition coefficient (Wildman–Crippen LogP) is -0.0794. The first kappa shape index (κ1) is 14.5. The lowest BCUT2D eigenvalue weighted by atomic mass is 10.1. The molecule has 1 aromatic heterocycles. The van der Waals surface area contributed by atoms with Crippen LogP contribution in [-0.4, -0.2) is 33.9 Å². The predicted molar refractivity (Wildman–Crippen MR) is 69.9 cm³/mol. The zero-order valence-electron chi connectivity index (χ0n) is 9.43. The molecule has 0 atom stereocenters. The molecule has 17 heavy (non-hydrogen) atoms. The van der Waals surface area contributed by atoms with Crippen LogP contribution in [0.2, 0.25) is 0 Å². The first-order valence-corrected chi connectivity index (χ1v) is 7.15. The van der Waals surface area contributed by atoms with E-state index in [9.17, 15) is 8.42 Å². The molecule has 3 N–H and O–H groups in total. The number of nitrogens with two attached hydrogens (primary N) is 1. The molecular formula is C7H12BrN5O2S2. The third kappa shape index (κ3) is 3.00. The van der Waals surface area contributed by atoms with Gasteiger partial charge in [0.25, 0.3) is 10.0 Å². The molecule has 0 radical (unpaired) electrons. The largest absolute Gasteiger partial charge is 0.392 e. The van der Waals surface area contributed by atoms with Crippen LogP contribution >= 0.6 is 28.1 Å². The minimum Gasteiger partial charge on any atom is -0.392 e. The standard InChI is InChI=1S/C7H12BrN5O2S2/c1-7(2,6(9)16)11-17(14,15)5-4(8)10-12-13(5)3/h11H,1-3H3,(H2,9,16). The van der Waals surface area contributed by atoms with Crippen LogP contribution in [-0.2, 0) is 17.1 Å². The minimum absolute atomic E-state index is 0.0484. The molecule has 0 spiro atoms. The van der Waals surface area contributed by atoms with Crippen molar-refractivity contribution < 1.29 is 8.42 Å². The Morgan fingerprint density at radius 1 is 1.59 bits per heavy atom. The van der Waals surface area contributed by atoms with E-state index in [1.165, 1.54) is 7.05 Å². The molecule has 0 saturated carbocycles. The van der Waals surface area contributed by atoms with E-state index in [4.69, 9.17) is 18.0 Å². The normalized spacial score (nSPS) is 12.7. The van der Waals surface area contributed by atoms with Gasteiger partial charge in [-0.05, 0) is 29.8 Å². The van der Waals surface area contributed by atoms with Crippen LogP contribution in [0.1, 0.15) is 13.8 Å². The minimum atomic E-state index is -3.81. The molecule has 0 amide bonds. The van der Waals surface area contributed by atoms with Gasteiger partial charge in [0.2, 0.25) is 5.03 Å². The number of thiocarbonyl (C=S) groups is 1. The summed E-state index contributed by atoms with van der Waals surface area (Å²) in [4.78, 5) is 0.0484. The summed E-state index contributed by atoms with van der Waals surface area (Å²) in [6, 6.07) is 0. The van der Waals surface area contributed by atoms with Gasteiger partial charge in [-0.3, -0.25) is 0 Å². The van der Waals surface area contributed by atoms with Gasteiger partial charge in [-0.25, -0.2) is 13.1 Å². The monoisotopic (exact) mass is 341 g/mol. The molecule has 1 rings (SSSR count). The average molecular weight is 342 g/mol. The summed E-state index contributed by atoms with van der Waals surface area (Å²) in [7, 11) is -2.34. The second kappa shape index (κ2) is 4.59. The van der Waals surface area contributed by atoms with E-state index in [2.05, 4.69) is 31.0 Å². The Hall–Kier alpha value is -0.580. The van der Waals surface area contributed by atoms with Crippen molar-refractivity contribution in [2.24, 2.45) is 12.8 Å².